The Morgan fingerprint density at radius 2 is 2.10 bits per heavy atom. The summed E-state index contributed by atoms with van der Waals surface area (Å²) in [5.41, 5.74) is 1.14. The first-order valence-electron chi connectivity index (χ1n) is 3.46. The number of hydrogen-bond acceptors (Lipinski definition) is 2. The normalized spacial score (nSPS) is 13.5. The van der Waals surface area contributed by atoms with Crippen molar-refractivity contribution >= 4 is 5.71 Å². The molecule has 0 spiro atoms. The van der Waals surface area contributed by atoms with Gasteiger partial charge in [0, 0.05) is 18.5 Å². The average Bonchev–Trinajstić information content (AvgIpc) is 1.82. The molecule has 0 N–H and O–H groups in total. The molecule has 0 fully saturated rings. The smallest absolute Gasteiger partial charge is 0.0358 e. The highest BCUT2D eigenvalue weighted by molar-refractivity contribution is 5.84. The molecule has 0 amide bonds. The molecule has 58 valence electrons. The van der Waals surface area contributed by atoms with E-state index in [-0.39, 0.29) is 0 Å². The minimum absolute atomic E-state index is 0.935. The molecule has 0 heterocycles. The maximum absolute atomic E-state index is 4.18. The summed E-state index contributed by atoms with van der Waals surface area (Å²) in [5, 5.41) is 0. The summed E-state index contributed by atoms with van der Waals surface area (Å²) < 4.78 is 0. The van der Waals surface area contributed by atoms with E-state index in [0.29, 0.717) is 0 Å². The average molecular weight is 140 g/mol. The first kappa shape index (κ1) is 9.37. The molecule has 0 unspecified atom stereocenters. The fourth-order valence-electron chi connectivity index (χ4n) is 0.700. The van der Waals surface area contributed by atoms with Gasteiger partial charge in [-0.05, 0) is 27.9 Å². The van der Waals surface area contributed by atoms with Gasteiger partial charge in [0.05, 0.1) is 0 Å². The maximum atomic E-state index is 4.18. The summed E-state index contributed by atoms with van der Waals surface area (Å²) in [6.45, 7) is 4.93. The molecule has 0 aromatic heterocycles. The van der Waals surface area contributed by atoms with Crippen molar-refractivity contribution in [2.45, 2.75) is 13.8 Å². The Hall–Kier alpha value is -0.630. The van der Waals surface area contributed by atoms with E-state index in [2.05, 4.69) is 9.89 Å². The third kappa shape index (κ3) is 5.51. The molecule has 0 aromatic carbocycles. The summed E-state index contributed by atoms with van der Waals surface area (Å²) in [6.07, 6.45) is 3.75. The van der Waals surface area contributed by atoms with Gasteiger partial charge in [0.2, 0.25) is 0 Å². The van der Waals surface area contributed by atoms with Crippen molar-refractivity contribution in [3.8, 4) is 0 Å². The van der Waals surface area contributed by atoms with Crippen molar-refractivity contribution in [3.05, 3.63) is 12.3 Å². The van der Waals surface area contributed by atoms with Crippen LogP contribution in [0.2, 0.25) is 0 Å². The molecular formula is C8H16N2. The molecule has 0 aliphatic carbocycles. The lowest BCUT2D eigenvalue weighted by Gasteiger charge is -2.07. The fraction of sp³-hybridized carbons (Fsp3) is 0.625. The van der Waals surface area contributed by atoms with Crippen LogP contribution in [0.5, 0.6) is 0 Å². The summed E-state index contributed by atoms with van der Waals surface area (Å²) in [7, 11) is 4.07. The van der Waals surface area contributed by atoms with E-state index in [1.807, 2.05) is 40.2 Å². The molecule has 0 bridgehead atoms. The van der Waals surface area contributed by atoms with Crippen LogP contribution in [0.4, 0.5) is 0 Å². The minimum atomic E-state index is 0.935. The molecule has 0 aromatic rings. The van der Waals surface area contributed by atoms with Gasteiger partial charge in [-0.2, -0.15) is 0 Å². The standard InChI is InChI=1S/C8H16N2/c1-5-6-9-8(2)7-10(3)4/h5-6H,7H2,1-4H3/b6-5-,9-8+. The van der Waals surface area contributed by atoms with Gasteiger partial charge in [0.15, 0.2) is 0 Å². The van der Waals surface area contributed by atoms with E-state index < -0.39 is 0 Å². The van der Waals surface area contributed by atoms with Crippen LogP contribution >= 0.6 is 0 Å². The van der Waals surface area contributed by atoms with Crippen molar-refractivity contribution < 1.29 is 0 Å². The van der Waals surface area contributed by atoms with Crippen LogP contribution in [0.1, 0.15) is 13.8 Å². The van der Waals surface area contributed by atoms with Gasteiger partial charge >= 0.3 is 0 Å². The molecule has 2 heteroatoms. The molecule has 0 aliphatic rings. The van der Waals surface area contributed by atoms with E-state index in [0.717, 1.165) is 12.3 Å². The maximum Gasteiger partial charge on any atom is 0.0358 e. The van der Waals surface area contributed by atoms with Gasteiger partial charge in [-0.3, -0.25) is 4.99 Å². The van der Waals surface area contributed by atoms with Crippen LogP contribution in [0.15, 0.2) is 17.3 Å². The van der Waals surface area contributed by atoms with Crippen LogP contribution in [0.25, 0.3) is 0 Å². The largest absolute Gasteiger partial charge is 0.304 e. The van der Waals surface area contributed by atoms with E-state index >= 15 is 0 Å². The summed E-state index contributed by atoms with van der Waals surface area (Å²) in [4.78, 5) is 6.28. The Morgan fingerprint density at radius 3 is 2.50 bits per heavy atom. The van der Waals surface area contributed by atoms with E-state index in [1.165, 1.54) is 0 Å². The van der Waals surface area contributed by atoms with Gasteiger partial charge in [-0.25, -0.2) is 0 Å². The molecule has 0 saturated heterocycles. The Morgan fingerprint density at radius 1 is 1.50 bits per heavy atom. The Labute approximate surface area is 63.3 Å². The highest BCUT2D eigenvalue weighted by Gasteiger charge is 1.90. The van der Waals surface area contributed by atoms with Gasteiger partial charge in [0.1, 0.15) is 0 Å². The highest BCUT2D eigenvalue weighted by atomic mass is 15.1. The molecule has 2 nitrogen and oxygen atoms in total. The second-order valence-corrected chi connectivity index (χ2v) is 2.58. The predicted octanol–water partition coefficient (Wildman–Crippen LogP) is 1.54. The number of rotatable bonds is 3. The first-order chi connectivity index (χ1) is 4.66. The zero-order valence-corrected chi connectivity index (χ0v) is 7.26. The number of nitrogens with zero attached hydrogens (tertiary/aromatic N) is 2. The fourth-order valence-corrected chi connectivity index (χ4v) is 0.700. The molecule has 0 atom stereocenters. The Bertz CT molecular complexity index is 134. The third-order valence-electron chi connectivity index (χ3n) is 0.989. The lowest BCUT2D eigenvalue weighted by Crippen LogP contribution is -2.19. The van der Waals surface area contributed by atoms with Crippen LogP contribution in [0, 0.1) is 0 Å². The first-order valence-corrected chi connectivity index (χ1v) is 3.46. The topological polar surface area (TPSA) is 15.6 Å². The number of hydrogen-bond donors (Lipinski definition) is 0. The van der Waals surface area contributed by atoms with Crippen molar-refractivity contribution in [1.29, 1.82) is 0 Å². The monoisotopic (exact) mass is 140 g/mol. The minimum Gasteiger partial charge on any atom is -0.304 e. The second-order valence-electron chi connectivity index (χ2n) is 2.58. The molecule has 0 rings (SSSR count). The summed E-state index contributed by atoms with van der Waals surface area (Å²) in [5.74, 6) is 0. The quantitative estimate of drug-likeness (QED) is 0.543. The zero-order chi connectivity index (χ0) is 7.98. The Balaban J connectivity index is 3.71. The molecule has 0 saturated carbocycles. The van der Waals surface area contributed by atoms with Gasteiger partial charge in [-0.15, -0.1) is 0 Å². The van der Waals surface area contributed by atoms with E-state index in [9.17, 15) is 0 Å². The van der Waals surface area contributed by atoms with Gasteiger partial charge < -0.3 is 4.90 Å². The summed E-state index contributed by atoms with van der Waals surface area (Å²) >= 11 is 0. The Kier molecular flexibility index (Phi) is 4.85. The van der Waals surface area contributed by atoms with E-state index in [4.69, 9.17) is 0 Å². The SMILES string of the molecule is C/C=C\N=C(/C)CN(C)C. The second kappa shape index (κ2) is 5.18. The van der Waals surface area contributed by atoms with Crippen molar-refractivity contribution in [1.82, 2.24) is 4.90 Å². The van der Waals surface area contributed by atoms with Crippen molar-refractivity contribution in [2.75, 3.05) is 20.6 Å². The molecule has 10 heavy (non-hydrogen) atoms. The zero-order valence-electron chi connectivity index (χ0n) is 7.26. The summed E-state index contributed by atoms with van der Waals surface area (Å²) in [6, 6.07) is 0. The van der Waals surface area contributed by atoms with Crippen LogP contribution in [-0.4, -0.2) is 31.3 Å². The highest BCUT2D eigenvalue weighted by Crippen LogP contribution is 1.82. The van der Waals surface area contributed by atoms with Crippen LogP contribution in [-0.2, 0) is 0 Å². The molecular weight excluding hydrogens is 124 g/mol. The predicted molar refractivity (Wildman–Crippen MR) is 46.5 cm³/mol. The number of aliphatic imine (C=N–C) groups is 1. The molecule has 0 aliphatic heterocycles. The number of allylic oxidation sites excluding steroid dienone is 1. The van der Waals surface area contributed by atoms with Crippen molar-refractivity contribution in [3.63, 3.8) is 0 Å². The van der Waals surface area contributed by atoms with Crippen LogP contribution < -0.4 is 0 Å². The van der Waals surface area contributed by atoms with Gasteiger partial charge in [-0.1, -0.05) is 6.08 Å². The van der Waals surface area contributed by atoms with E-state index in [1.54, 1.807) is 0 Å². The van der Waals surface area contributed by atoms with Gasteiger partial charge in [0.25, 0.3) is 0 Å². The lowest BCUT2D eigenvalue weighted by molar-refractivity contribution is 0.469. The lowest BCUT2D eigenvalue weighted by atomic mass is 10.4. The van der Waals surface area contributed by atoms with Crippen molar-refractivity contribution in [2.24, 2.45) is 4.99 Å². The molecule has 0 radical (unpaired) electrons. The third-order valence-corrected chi connectivity index (χ3v) is 0.989. The van der Waals surface area contributed by atoms with Crippen LogP contribution in [0.3, 0.4) is 0 Å².